The van der Waals surface area contributed by atoms with Crippen molar-refractivity contribution in [3.63, 3.8) is 0 Å². The summed E-state index contributed by atoms with van der Waals surface area (Å²) in [6.07, 6.45) is 4.75. The highest BCUT2D eigenvalue weighted by Gasteiger charge is 2.41. The van der Waals surface area contributed by atoms with Gasteiger partial charge in [-0.3, -0.25) is 4.21 Å². The van der Waals surface area contributed by atoms with E-state index in [0.29, 0.717) is 6.42 Å². The Morgan fingerprint density at radius 1 is 1.19 bits per heavy atom. The van der Waals surface area contributed by atoms with Gasteiger partial charge in [0.2, 0.25) is 0 Å². The molecule has 2 aromatic rings. The van der Waals surface area contributed by atoms with Gasteiger partial charge in [-0.1, -0.05) is 29.8 Å². The second kappa shape index (κ2) is 7.32. The summed E-state index contributed by atoms with van der Waals surface area (Å²) < 4.78 is 18.6. The van der Waals surface area contributed by atoms with Gasteiger partial charge in [0, 0.05) is 10.8 Å². The van der Waals surface area contributed by atoms with Gasteiger partial charge in [-0.05, 0) is 67.2 Å². The molecule has 0 N–H and O–H groups in total. The standard InChI is InChI=1S/C23H23NO2S/c1-15-3-7-18(8-4-15)27(25)23-12-11-20-19-10-6-17(26-2)13-16(19)5-9-21(20)22(23)14-24/h3-4,6-8,10-11,13,21-23H,5,9,12H2,1-2H3/t21-,22-,23+,27+/m1/s1. The van der Waals surface area contributed by atoms with Crippen molar-refractivity contribution < 1.29 is 8.95 Å². The van der Waals surface area contributed by atoms with Gasteiger partial charge >= 0.3 is 0 Å². The van der Waals surface area contributed by atoms with Crippen LogP contribution >= 0.6 is 0 Å². The number of ether oxygens (including phenoxy) is 1. The Morgan fingerprint density at radius 3 is 2.67 bits per heavy atom. The van der Waals surface area contributed by atoms with Crippen LogP contribution in [0.5, 0.6) is 5.75 Å². The van der Waals surface area contributed by atoms with Crippen LogP contribution in [0.2, 0.25) is 0 Å². The average Bonchev–Trinajstić information content (AvgIpc) is 2.72. The van der Waals surface area contributed by atoms with Gasteiger partial charge in [0.15, 0.2) is 0 Å². The number of methoxy groups -OCH3 is 1. The van der Waals surface area contributed by atoms with Crippen molar-refractivity contribution in [2.45, 2.75) is 36.3 Å². The lowest BCUT2D eigenvalue weighted by Crippen LogP contribution is -2.36. The smallest absolute Gasteiger partial charge is 0.119 e. The first kappa shape index (κ1) is 18.0. The molecule has 0 aliphatic heterocycles. The van der Waals surface area contributed by atoms with Gasteiger partial charge in [0.25, 0.3) is 0 Å². The minimum atomic E-state index is -1.17. The zero-order valence-corrected chi connectivity index (χ0v) is 16.5. The molecule has 0 bridgehead atoms. The minimum Gasteiger partial charge on any atom is -0.497 e. The maximum atomic E-state index is 13.2. The summed E-state index contributed by atoms with van der Waals surface area (Å²) in [5, 5.41) is 9.79. The first-order chi connectivity index (χ1) is 13.1. The van der Waals surface area contributed by atoms with Crippen LogP contribution in [0, 0.1) is 30.1 Å². The number of rotatable bonds is 3. The number of fused-ring (bicyclic) bond motifs is 3. The van der Waals surface area contributed by atoms with Gasteiger partial charge in [-0.2, -0.15) is 5.26 Å². The summed E-state index contributed by atoms with van der Waals surface area (Å²) in [7, 11) is 0.511. The Labute approximate surface area is 163 Å². The lowest BCUT2D eigenvalue weighted by atomic mass is 9.69. The van der Waals surface area contributed by atoms with Gasteiger partial charge in [0.05, 0.1) is 35.1 Å². The van der Waals surface area contributed by atoms with Crippen molar-refractivity contribution in [2.75, 3.05) is 7.11 Å². The van der Waals surface area contributed by atoms with E-state index < -0.39 is 10.8 Å². The van der Waals surface area contributed by atoms with Gasteiger partial charge < -0.3 is 4.74 Å². The Kier molecular flexibility index (Phi) is 4.88. The summed E-state index contributed by atoms with van der Waals surface area (Å²) >= 11 is 0. The molecule has 4 atom stereocenters. The fourth-order valence-electron chi connectivity index (χ4n) is 4.38. The van der Waals surface area contributed by atoms with E-state index in [0.717, 1.165) is 29.1 Å². The molecule has 0 unspecified atom stereocenters. The van der Waals surface area contributed by atoms with Crippen molar-refractivity contribution in [3.05, 3.63) is 65.2 Å². The molecule has 4 rings (SSSR count). The van der Waals surface area contributed by atoms with Gasteiger partial charge in [0.1, 0.15) is 5.75 Å². The minimum absolute atomic E-state index is 0.147. The molecule has 0 spiro atoms. The van der Waals surface area contributed by atoms with Crippen LogP contribution in [0.4, 0.5) is 0 Å². The maximum Gasteiger partial charge on any atom is 0.119 e. The van der Waals surface area contributed by atoms with Crippen LogP contribution in [0.15, 0.2) is 53.4 Å². The second-order valence-corrected chi connectivity index (χ2v) is 9.04. The number of nitriles is 1. The highest BCUT2D eigenvalue weighted by molar-refractivity contribution is 7.85. The van der Waals surface area contributed by atoms with Crippen LogP contribution in [0.25, 0.3) is 5.57 Å². The normalized spacial score (nSPS) is 24.8. The molecular weight excluding hydrogens is 354 g/mol. The fraction of sp³-hybridized carbons (Fsp3) is 0.348. The Morgan fingerprint density at radius 2 is 1.96 bits per heavy atom. The summed E-state index contributed by atoms with van der Waals surface area (Å²) in [6.45, 7) is 2.02. The average molecular weight is 378 g/mol. The second-order valence-electron chi connectivity index (χ2n) is 7.37. The van der Waals surface area contributed by atoms with Crippen molar-refractivity contribution in [1.82, 2.24) is 0 Å². The maximum absolute atomic E-state index is 13.2. The molecule has 3 nitrogen and oxygen atoms in total. The molecule has 0 amide bonds. The van der Waals surface area contributed by atoms with Crippen LogP contribution < -0.4 is 4.74 Å². The molecule has 2 aromatic carbocycles. The van der Waals surface area contributed by atoms with Crippen molar-refractivity contribution >= 4 is 16.4 Å². The third-order valence-electron chi connectivity index (χ3n) is 5.83. The number of aryl methyl sites for hydroxylation is 2. The van der Waals surface area contributed by atoms with Crippen LogP contribution in [-0.4, -0.2) is 16.6 Å². The highest BCUT2D eigenvalue weighted by atomic mass is 32.2. The first-order valence-corrected chi connectivity index (χ1v) is 10.6. The van der Waals surface area contributed by atoms with Gasteiger partial charge in [-0.25, -0.2) is 0 Å². The molecule has 138 valence electrons. The predicted octanol–water partition coefficient (Wildman–Crippen LogP) is 4.67. The first-order valence-electron chi connectivity index (χ1n) is 9.36. The number of allylic oxidation sites excluding steroid dienone is 2. The monoisotopic (exact) mass is 377 g/mol. The lowest BCUT2D eigenvalue weighted by molar-refractivity contribution is 0.409. The van der Waals surface area contributed by atoms with Crippen molar-refractivity contribution in [3.8, 4) is 11.8 Å². The van der Waals surface area contributed by atoms with Crippen LogP contribution in [0.3, 0.4) is 0 Å². The highest BCUT2D eigenvalue weighted by Crippen LogP contribution is 2.46. The van der Waals surface area contributed by atoms with Crippen molar-refractivity contribution in [2.24, 2.45) is 11.8 Å². The molecular formula is C23H23NO2S. The van der Waals surface area contributed by atoms with Crippen LogP contribution in [-0.2, 0) is 17.2 Å². The summed E-state index contributed by atoms with van der Waals surface area (Å²) in [5.41, 5.74) is 4.92. The lowest BCUT2D eigenvalue weighted by Gasteiger charge is -2.38. The SMILES string of the molecule is COc1ccc2c(c1)CC[C@@H]1C2=CC[C@H]([S@@](=O)c2ccc(C)cc2)[C@@H]1C#N. The Hall–Kier alpha value is -2.38. The molecule has 27 heavy (non-hydrogen) atoms. The van der Waals surface area contributed by atoms with E-state index in [1.807, 2.05) is 37.3 Å². The number of benzene rings is 2. The molecule has 2 aliphatic rings. The van der Waals surface area contributed by atoms with E-state index in [1.165, 1.54) is 16.7 Å². The predicted molar refractivity (Wildman–Crippen MR) is 108 cm³/mol. The van der Waals surface area contributed by atoms with E-state index in [9.17, 15) is 9.47 Å². The molecule has 0 aromatic heterocycles. The summed E-state index contributed by atoms with van der Waals surface area (Å²) in [4.78, 5) is 0.823. The van der Waals surface area contributed by atoms with Crippen LogP contribution in [0.1, 0.15) is 29.5 Å². The van der Waals surface area contributed by atoms with Gasteiger partial charge in [-0.15, -0.1) is 0 Å². The Balaban J connectivity index is 1.68. The number of hydrogen-bond acceptors (Lipinski definition) is 3. The zero-order valence-electron chi connectivity index (χ0n) is 15.6. The zero-order chi connectivity index (χ0) is 19.0. The number of nitrogens with zero attached hydrogens (tertiary/aromatic N) is 1. The Bertz CT molecular complexity index is 955. The molecule has 2 aliphatic carbocycles. The van der Waals surface area contributed by atoms with E-state index in [4.69, 9.17) is 4.74 Å². The third-order valence-corrected chi connectivity index (χ3v) is 7.60. The molecule has 0 radical (unpaired) electrons. The summed E-state index contributed by atoms with van der Waals surface area (Å²) in [6, 6.07) is 16.5. The topological polar surface area (TPSA) is 50.1 Å². The molecule has 4 heteroatoms. The molecule has 0 fully saturated rings. The molecule has 0 saturated heterocycles. The summed E-state index contributed by atoms with van der Waals surface area (Å²) in [5.74, 6) is 0.810. The van der Waals surface area contributed by atoms with E-state index in [2.05, 4.69) is 24.3 Å². The fourth-order valence-corrected chi connectivity index (χ4v) is 5.92. The number of hydrogen-bond donors (Lipinski definition) is 0. The van der Waals surface area contributed by atoms with E-state index in [1.54, 1.807) is 7.11 Å². The quantitative estimate of drug-likeness (QED) is 0.781. The molecule has 0 heterocycles. The molecule has 0 saturated carbocycles. The van der Waals surface area contributed by atoms with E-state index >= 15 is 0 Å². The van der Waals surface area contributed by atoms with Crippen molar-refractivity contribution in [1.29, 1.82) is 5.26 Å². The largest absolute Gasteiger partial charge is 0.497 e. The third kappa shape index (κ3) is 3.21. The van der Waals surface area contributed by atoms with E-state index in [-0.39, 0.29) is 17.1 Å².